The van der Waals surface area contributed by atoms with Crippen molar-refractivity contribution in [1.82, 2.24) is 0 Å². The van der Waals surface area contributed by atoms with Crippen LogP contribution in [0.4, 0.5) is 0 Å². The van der Waals surface area contributed by atoms with E-state index in [0.29, 0.717) is 29.4 Å². The molecule has 1 atom stereocenters. The maximum absolute atomic E-state index is 12.0. The molecule has 0 saturated heterocycles. The standard InChI is InChI=1S/C14H20O3/c1-5-10(2)8-12(15)11-6-7-13(16-3)14(9-11)17-4/h6-7,9-10H,5,8H2,1-4H3. The van der Waals surface area contributed by atoms with Gasteiger partial charge in [-0.1, -0.05) is 20.3 Å². The molecule has 0 aliphatic heterocycles. The molecular formula is C14H20O3. The van der Waals surface area contributed by atoms with E-state index in [2.05, 4.69) is 13.8 Å². The van der Waals surface area contributed by atoms with Crippen LogP contribution in [0.1, 0.15) is 37.0 Å². The molecule has 0 fully saturated rings. The lowest BCUT2D eigenvalue weighted by atomic mass is 9.97. The third-order valence-electron chi connectivity index (χ3n) is 2.94. The summed E-state index contributed by atoms with van der Waals surface area (Å²) in [5, 5.41) is 0. The average Bonchev–Trinajstić information content (AvgIpc) is 2.37. The van der Waals surface area contributed by atoms with Crippen LogP contribution < -0.4 is 9.47 Å². The van der Waals surface area contributed by atoms with Crippen LogP contribution in [0.2, 0.25) is 0 Å². The number of Topliss-reactive ketones (excluding diaryl/α,β-unsaturated/α-hetero) is 1. The van der Waals surface area contributed by atoms with Gasteiger partial charge in [-0.3, -0.25) is 4.79 Å². The van der Waals surface area contributed by atoms with E-state index in [1.165, 1.54) is 0 Å². The molecule has 0 bridgehead atoms. The molecular weight excluding hydrogens is 216 g/mol. The second-order valence-electron chi connectivity index (χ2n) is 4.21. The van der Waals surface area contributed by atoms with Gasteiger partial charge in [-0.15, -0.1) is 0 Å². The predicted molar refractivity (Wildman–Crippen MR) is 67.9 cm³/mol. The Hall–Kier alpha value is -1.51. The molecule has 0 radical (unpaired) electrons. The van der Waals surface area contributed by atoms with Crippen LogP contribution in [0.15, 0.2) is 18.2 Å². The SMILES string of the molecule is CCC(C)CC(=O)c1ccc(OC)c(OC)c1. The van der Waals surface area contributed by atoms with E-state index in [-0.39, 0.29) is 5.78 Å². The summed E-state index contributed by atoms with van der Waals surface area (Å²) in [6.07, 6.45) is 1.59. The number of carbonyl (C=O) groups excluding carboxylic acids is 1. The lowest BCUT2D eigenvalue weighted by molar-refractivity contribution is 0.0963. The second-order valence-corrected chi connectivity index (χ2v) is 4.21. The van der Waals surface area contributed by atoms with E-state index < -0.39 is 0 Å². The monoisotopic (exact) mass is 236 g/mol. The Balaban J connectivity index is 2.88. The van der Waals surface area contributed by atoms with E-state index in [4.69, 9.17) is 9.47 Å². The summed E-state index contributed by atoms with van der Waals surface area (Å²) < 4.78 is 10.3. The van der Waals surface area contributed by atoms with Gasteiger partial charge in [0.1, 0.15) is 0 Å². The van der Waals surface area contributed by atoms with Crippen molar-refractivity contribution in [3.63, 3.8) is 0 Å². The molecule has 0 amide bonds. The highest BCUT2D eigenvalue weighted by Gasteiger charge is 2.13. The van der Waals surface area contributed by atoms with Gasteiger partial charge in [-0.25, -0.2) is 0 Å². The summed E-state index contributed by atoms with van der Waals surface area (Å²) >= 11 is 0. The van der Waals surface area contributed by atoms with Gasteiger partial charge >= 0.3 is 0 Å². The number of ether oxygens (including phenoxy) is 2. The second kappa shape index (κ2) is 6.28. The molecule has 94 valence electrons. The van der Waals surface area contributed by atoms with E-state index >= 15 is 0 Å². The molecule has 0 aliphatic carbocycles. The Morgan fingerprint density at radius 3 is 2.41 bits per heavy atom. The number of rotatable bonds is 6. The third kappa shape index (κ3) is 3.48. The van der Waals surface area contributed by atoms with Gasteiger partial charge in [0.05, 0.1) is 14.2 Å². The predicted octanol–water partition coefficient (Wildman–Crippen LogP) is 3.32. The van der Waals surface area contributed by atoms with Crippen LogP contribution in [0, 0.1) is 5.92 Å². The van der Waals surface area contributed by atoms with Gasteiger partial charge in [0.25, 0.3) is 0 Å². The molecule has 0 aliphatic rings. The van der Waals surface area contributed by atoms with Crippen LogP contribution in [-0.4, -0.2) is 20.0 Å². The van der Waals surface area contributed by atoms with Crippen LogP contribution in [0.5, 0.6) is 11.5 Å². The summed E-state index contributed by atoms with van der Waals surface area (Å²) in [5.41, 5.74) is 0.683. The van der Waals surface area contributed by atoms with Gasteiger partial charge in [0, 0.05) is 12.0 Å². The molecule has 0 heterocycles. The van der Waals surface area contributed by atoms with Crippen molar-refractivity contribution in [2.75, 3.05) is 14.2 Å². The van der Waals surface area contributed by atoms with Crippen molar-refractivity contribution in [2.24, 2.45) is 5.92 Å². The Morgan fingerprint density at radius 1 is 1.24 bits per heavy atom. The van der Waals surface area contributed by atoms with Crippen LogP contribution in [-0.2, 0) is 0 Å². The zero-order valence-electron chi connectivity index (χ0n) is 10.9. The summed E-state index contributed by atoms with van der Waals surface area (Å²) in [7, 11) is 3.15. The van der Waals surface area contributed by atoms with E-state index in [1.54, 1.807) is 32.4 Å². The highest BCUT2D eigenvalue weighted by molar-refractivity contribution is 5.96. The quantitative estimate of drug-likeness (QED) is 0.711. The highest BCUT2D eigenvalue weighted by atomic mass is 16.5. The molecule has 1 unspecified atom stereocenters. The first kappa shape index (κ1) is 13.6. The molecule has 3 heteroatoms. The van der Waals surface area contributed by atoms with Crippen molar-refractivity contribution in [3.05, 3.63) is 23.8 Å². The number of hydrogen-bond acceptors (Lipinski definition) is 3. The van der Waals surface area contributed by atoms with E-state index in [0.717, 1.165) is 6.42 Å². The molecule has 1 rings (SSSR count). The summed E-state index contributed by atoms with van der Waals surface area (Å²) in [5.74, 6) is 1.81. The number of methoxy groups -OCH3 is 2. The van der Waals surface area contributed by atoms with Crippen LogP contribution >= 0.6 is 0 Å². The maximum Gasteiger partial charge on any atom is 0.163 e. The van der Waals surface area contributed by atoms with Crippen molar-refractivity contribution in [3.8, 4) is 11.5 Å². The minimum atomic E-state index is 0.153. The summed E-state index contributed by atoms with van der Waals surface area (Å²) in [4.78, 5) is 12.0. The highest BCUT2D eigenvalue weighted by Crippen LogP contribution is 2.28. The topological polar surface area (TPSA) is 35.5 Å². The van der Waals surface area contributed by atoms with Crippen LogP contribution in [0.3, 0.4) is 0 Å². The normalized spacial score (nSPS) is 12.0. The Labute approximate surface area is 103 Å². The Morgan fingerprint density at radius 2 is 1.88 bits per heavy atom. The van der Waals surface area contributed by atoms with E-state index in [9.17, 15) is 4.79 Å². The Bertz CT molecular complexity index is 385. The summed E-state index contributed by atoms with van der Waals surface area (Å²) in [6, 6.07) is 5.29. The smallest absolute Gasteiger partial charge is 0.163 e. The molecule has 0 saturated carbocycles. The average molecular weight is 236 g/mol. The molecule has 1 aromatic carbocycles. The van der Waals surface area contributed by atoms with Gasteiger partial charge in [-0.05, 0) is 24.1 Å². The number of hydrogen-bond donors (Lipinski definition) is 0. The minimum Gasteiger partial charge on any atom is -0.493 e. The van der Waals surface area contributed by atoms with Gasteiger partial charge in [0.15, 0.2) is 17.3 Å². The number of ketones is 1. The van der Waals surface area contributed by atoms with Gasteiger partial charge < -0.3 is 9.47 Å². The fourth-order valence-corrected chi connectivity index (χ4v) is 1.59. The summed E-state index contributed by atoms with van der Waals surface area (Å²) in [6.45, 7) is 4.17. The fraction of sp³-hybridized carbons (Fsp3) is 0.500. The lowest BCUT2D eigenvalue weighted by Crippen LogP contribution is -2.05. The van der Waals surface area contributed by atoms with Crippen LogP contribution in [0.25, 0.3) is 0 Å². The van der Waals surface area contributed by atoms with Crippen molar-refractivity contribution < 1.29 is 14.3 Å². The minimum absolute atomic E-state index is 0.153. The molecule has 1 aromatic rings. The molecule has 0 spiro atoms. The zero-order valence-corrected chi connectivity index (χ0v) is 10.9. The first-order chi connectivity index (χ1) is 8.12. The lowest BCUT2D eigenvalue weighted by Gasteiger charge is -2.10. The fourth-order valence-electron chi connectivity index (χ4n) is 1.59. The van der Waals surface area contributed by atoms with Gasteiger partial charge in [-0.2, -0.15) is 0 Å². The molecule has 3 nitrogen and oxygen atoms in total. The molecule has 0 aromatic heterocycles. The van der Waals surface area contributed by atoms with Crippen molar-refractivity contribution in [1.29, 1.82) is 0 Å². The molecule has 17 heavy (non-hydrogen) atoms. The first-order valence-corrected chi connectivity index (χ1v) is 5.87. The largest absolute Gasteiger partial charge is 0.493 e. The third-order valence-corrected chi connectivity index (χ3v) is 2.94. The number of benzene rings is 1. The maximum atomic E-state index is 12.0. The van der Waals surface area contributed by atoms with Crippen molar-refractivity contribution in [2.45, 2.75) is 26.7 Å². The van der Waals surface area contributed by atoms with Crippen molar-refractivity contribution >= 4 is 5.78 Å². The van der Waals surface area contributed by atoms with Gasteiger partial charge in [0.2, 0.25) is 0 Å². The van der Waals surface area contributed by atoms with E-state index in [1.807, 2.05) is 0 Å². The first-order valence-electron chi connectivity index (χ1n) is 5.87. The zero-order chi connectivity index (χ0) is 12.8. The Kier molecular flexibility index (Phi) is 5.01. The molecule has 0 N–H and O–H groups in total. The number of carbonyl (C=O) groups is 1.